The molecular weight excluding hydrogens is 302 g/mol. The number of hydrogen-bond donors (Lipinski definition) is 3. The molecule has 1 heterocycles. The zero-order valence-electron chi connectivity index (χ0n) is 9.65. The van der Waals surface area contributed by atoms with Crippen LogP contribution in [0.2, 0.25) is 0 Å². The van der Waals surface area contributed by atoms with E-state index in [9.17, 15) is 9.59 Å². The average Bonchev–Trinajstić information content (AvgIpc) is 2.33. The van der Waals surface area contributed by atoms with Gasteiger partial charge in [0.05, 0.1) is 18.4 Å². The van der Waals surface area contributed by atoms with Gasteiger partial charge in [0.25, 0.3) is 5.56 Å². The predicted octanol–water partition coefficient (Wildman–Crippen LogP) is 0.272. The van der Waals surface area contributed by atoms with Crippen molar-refractivity contribution in [3.8, 4) is 0 Å². The number of nitrogens with zero attached hydrogens (tertiary/aromatic N) is 2. The molecule has 7 nitrogen and oxygen atoms in total. The van der Waals surface area contributed by atoms with Gasteiger partial charge >= 0.3 is 6.03 Å². The van der Waals surface area contributed by atoms with Crippen molar-refractivity contribution in [1.82, 2.24) is 15.1 Å². The molecule has 0 aliphatic heterocycles. The summed E-state index contributed by atoms with van der Waals surface area (Å²) in [6.45, 7) is 4.69. The lowest BCUT2D eigenvalue weighted by atomic mass is 10.4. The van der Waals surface area contributed by atoms with Crippen molar-refractivity contribution < 1.29 is 4.79 Å². The Morgan fingerprint density at radius 3 is 2.94 bits per heavy atom. The summed E-state index contributed by atoms with van der Waals surface area (Å²) in [6, 6.07) is -0.588. The molecule has 4 N–H and O–H groups in total. The summed E-state index contributed by atoms with van der Waals surface area (Å²) in [5, 5.41) is 9.36. The number of hydrogen-bond acceptors (Lipinski definition) is 4. The van der Waals surface area contributed by atoms with Crippen molar-refractivity contribution in [3.05, 3.63) is 33.7 Å². The monoisotopic (exact) mass is 315 g/mol. The molecule has 0 spiro atoms. The molecule has 0 atom stereocenters. The van der Waals surface area contributed by atoms with Gasteiger partial charge in [-0.25, -0.2) is 9.48 Å². The number of anilines is 1. The number of halogens is 1. The fourth-order valence-corrected chi connectivity index (χ4v) is 1.67. The normalized spacial score (nSPS) is 9.83. The minimum Gasteiger partial charge on any atom is -0.381 e. The summed E-state index contributed by atoms with van der Waals surface area (Å²) >= 11 is 3.20. The van der Waals surface area contributed by atoms with Crippen LogP contribution in [0.4, 0.5) is 10.5 Å². The molecule has 0 aliphatic rings. The maximum atomic E-state index is 11.8. The first-order valence-electron chi connectivity index (χ1n) is 5.20. The van der Waals surface area contributed by atoms with Gasteiger partial charge in [0.15, 0.2) is 0 Å². The molecule has 0 radical (unpaired) electrons. The van der Waals surface area contributed by atoms with Crippen LogP contribution in [0, 0.1) is 0 Å². The fourth-order valence-electron chi connectivity index (χ4n) is 1.22. The van der Waals surface area contributed by atoms with E-state index in [4.69, 9.17) is 5.73 Å². The highest BCUT2D eigenvalue weighted by Crippen LogP contribution is 2.15. The second-order valence-electron chi connectivity index (χ2n) is 3.37. The second-order valence-corrected chi connectivity index (χ2v) is 4.16. The minimum atomic E-state index is -0.588. The van der Waals surface area contributed by atoms with Crippen molar-refractivity contribution in [2.45, 2.75) is 6.54 Å². The highest BCUT2D eigenvalue weighted by atomic mass is 79.9. The topological polar surface area (TPSA) is 102 Å². The van der Waals surface area contributed by atoms with Gasteiger partial charge in [-0.05, 0) is 15.9 Å². The maximum absolute atomic E-state index is 11.8. The molecule has 0 unspecified atom stereocenters. The highest BCUT2D eigenvalue weighted by molar-refractivity contribution is 9.10. The standard InChI is InChI=1S/C10H14BrN5O2/c1-2-5-16-9(17)8(11)7(6-15-16)13-3-4-14-10(12)18/h2,6,13H,1,3-5H2,(H3,12,14,18). The third-order valence-electron chi connectivity index (χ3n) is 2.03. The molecule has 1 rings (SSSR count). The number of rotatable bonds is 6. The second kappa shape index (κ2) is 6.80. The van der Waals surface area contributed by atoms with E-state index in [-0.39, 0.29) is 5.56 Å². The van der Waals surface area contributed by atoms with Crippen LogP contribution in [0.15, 0.2) is 28.1 Å². The van der Waals surface area contributed by atoms with Crippen LogP contribution in [0.3, 0.4) is 0 Å². The quantitative estimate of drug-likeness (QED) is 0.518. The first-order valence-corrected chi connectivity index (χ1v) is 5.99. The van der Waals surface area contributed by atoms with E-state index < -0.39 is 6.03 Å². The lowest BCUT2D eigenvalue weighted by Gasteiger charge is -2.09. The zero-order chi connectivity index (χ0) is 13.5. The number of carbonyl (C=O) groups excluding carboxylic acids is 1. The van der Waals surface area contributed by atoms with Crippen LogP contribution in [0.1, 0.15) is 0 Å². The van der Waals surface area contributed by atoms with E-state index in [1.807, 2.05) is 0 Å². The van der Waals surface area contributed by atoms with Crippen LogP contribution >= 0.6 is 15.9 Å². The Balaban J connectivity index is 2.67. The molecule has 2 amide bonds. The Labute approximate surface area is 112 Å². The van der Waals surface area contributed by atoms with Gasteiger partial charge in [-0.2, -0.15) is 5.10 Å². The van der Waals surface area contributed by atoms with Crippen molar-refractivity contribution >= 4 is 27.6 Å². The van der Waals surface area contributed by atoms with Crippen LogP contribution in [-0.4, -0.2) is 28.9 Å². The first-order chi connectivity index (χ1) is 8.56. The summed E-state index contributed by atoms with van der Waals surface area (Å²) in [4.78, 5) is 22.2. The van der Waals surface area contributed by atoms with Gasteiger partial charge in [-0.1, -0.05) is 6.08 Å². The zero-order valence-corrected chi connectivity index (χ0v) is 11.2. The first kappa shape index (κ1) is 14.2. The highest BCUT2D eigenvalue weighted by Gasteiger charge is 2.07. The Hall–Kier alpha value is -1.83. The summed E-state index contributed by atoms with van der Waals surface area (Å²) in [5.74, 6) is 0. The molecule has 0 aromatic carbocycles. The average molecular weight is 316 g/mol. The summed E-state index contributed by atoms with van der Waals surface area (Å²) in [7, 11) is 0. The lowest BCUT2D eigenvalue weighted by molar-refractivity contribution is 0.249. The van der Waals surface area contributed by atoms with Gasteiger partial charge in [-0.3, -0.25) is 4.79 Å². The van der Waals surface area contributed by atoms with Crippen LogP contribution in [0.5, 0.6) is 0 Å². The Morgan fingerprint density at radius 2 is 2.33 bits per heavy atom. The Kier molecular flexibility index (Phi) is 5.37. The van der Waals surface area contributed by atoms with E-state index in [2.05, 4.69) is 38.2 Å². The van der Waals surface area contributed by atoms with Gasteiger partial charge in [0.2, 0.25) is 0 Å². The van der Waals surface area contributed by atoms with Crippen molar-refractivity contribution in [1.29, 1.82) is 0 Å². The smallest absolute Gasteiger partial charge is 0.312 e. The number of aromatic nitrogens is 2. The number of allylic oxidation sites excluding steroid dienone is 1. The number of amides is 2. The minimum absolute atomic E-state index is 0.247. The van der Waals surface area contributed by atoms with Crippen LogP contribution in [-0.2, 0) is 6.54 Å². The maximum Gasteiger partial charge on any atom is 0.312 e. The van der Waals surface area contributed by atoms with E-state index in [1.54, 1.807) is 6.08 Å². The van der Waals surface area contributed by atoms with E-state index in [1.165, 1.54) is 10.9 Å². The van der Waals surface area contributed by atoms with E-state index in [0.29, 0.717) is 29.8 Å². The van der Waals surface area contributed by atoms with Crippen LogP contribution < -0.4 is 21.9 Å². The number of primary amides is 1. The number of urea groups is 1. The molecule has 0 saturated heterocycles. The van der Waals surface area contributed by atoms with Gasteiger partial charge in [0.1, 0.15) is 4.47 Å². The largest absolute Gasteiger partial charge is 0.381 e. The van der Waals surface area contributed by atoms with Gasteiger partial charge in [-0.15, -0.1) is 6.58 Å². The fraction of sp³-hybridized carbons (Fsp3) is 0.300. The number of nitrogens with one attached hydrogen (secondary N) is 2. The molecule has 1 aromatic rings. The predicted molar refractivity (Wildman–Crippen MR) is 72.5 cm³/mol. The lowest BCUT2D eigenvalue weighted by Crippen LogP contribution is -2.33. The molecule has 18 heavy (non-hydrogen) atoms. The van der Waals surface area contributed by atoms with Gasteiger partial charge < -0.3 is 16.4 Å². The molecule has 0 aliphatic carbocycles. The Morgan fingerprint density at radius 1 is 1.61 bits per heavy atom. The van der Waals surface area contributed by atoms with E-state index in [0.717, 1.165) is 0 Å². The summed E-state index contributed by atoms with van der Waals surface area (Å²) < 4.78 is 1.67. The molecule has 0 bridgehead atoms. The number of carbonyl (C=O) groups is 1. The third kappa shape index (κ3) is 3.88. The SMILES string of the molecule is C=CCn1ncc(NCCNC(N)=O)c(Br)c1=O. The molecule has 0 fully saturated rings. The number of nitrogens with two attached hydrogens (primary N) is 1. The summed E-state index contributed by atoms with van der Waals surface area (Å²) in [5.41, 5.74) is 5.23. The van der Waals surface area contributed by atoms with Gasteiger partial charge in [0, 0.05) is 13.1 Å². The Bertz CT molecular complexity index is 500. The molecule has 0 saturated carbocycles. The van der Waals surface area contributed by atoms with Crippen molar-refractivity contribution in [2.75, 3.05) is 18.4 Å². The van der Waals surface area contributed by atoms with E-state index >= 15 is 0 Å². The van der Waals surface area contributed by atoms with Crippen molar-refractivity contribution in [3.63, 3.8) is 0 Å². The molecule has 98 valence electrons. The third-order valence-corrected chi connectivity index (χ3v) is 2.79. The molecule has 8 heteroatoms. The summed E-state index contributed by atoms with van der Waals surface area (Å²) in [6.07, 6.45) is 3.12. The van der Waals surface area contributed by atoms with Crippen LogP contribution in [0.25, 0.3) is 0 Å². The van der Waals surface area contributed by atoms with Crippen molar-refractivity contribution in [2.24, 2.45) is 5.73 Å². The molecular formula is C10H14BrN5O2. The molecule has 1 aromatic heterocycles.